The summed E-state index contributed by atoms with van der Waals surface area (Å²) in [6.45, 7) is 2.03. The molecule has 2 fully saturated rings. The smallest absolute Gasteiger partial charge is 0.323 e. The lowest BCUT2D eigenvalue weighted by Gasteiger charge is -2.35. The Kier molecular flexibility index (Phi) is 3.22. The molecule has 0 unspecified atom stereocenters. The molecule has 1 aromatic carbocycles. The molecule has 1 spiro atoms. The van der Waals surface area contributed by atoms with Crippen LogP contribution in [0.3, 0.4) is 0 Å². The molecule has 0 bridgehead atoms. The molecule has 3 rings (SSSR count). The van der Waals surface area contributed by atoms with Crippen LogP contribution in [0.2, 0.25) is 0 Å². The van der Waals surface area contributed by atoms with Crippen molar-refractivity contribution in [2.75, 3.05) is 20.1 Å². The van der Waals surface area contributed by atoms with Crippen LogP contribution in [0.15, 0.2) is 30.3 Å². The summed E-state index contributed by atoms with van der Waals surface area (Å²) in [6, 6.07) is 9.36. The lowest BCUT2D eigenvalue weighted by molar-refractivity contribution is -0.133. The van der Waals surface area contributed by atoms with E-state index in [0.29, 0.717) is 19.4 Å². The zero-order chi connectivity index (χ0) is 14.2. The molecule has 2 heterocycles. The fourth-order valence-electron chi connectivity index (χ4n) is 2.92. The third kappa shape index (κ3) is 2.18. The van der Waals surface area contributed by atoms with E-state index in [1.165, 1.54) is 4.90 Å². The van der Waals surface area contributed by atoms with Gasteiger partial charge in [-0.3, -0.25) is 9.69 Å². The Morgan fingerprint density at radius 3 is 2.45 bits per heavy atom. The van der Waals surface area contributed by atoms with E-state index < -0.39 is 5.54 Å². The number of rotatable bonds is 2. The van der Waals surface area contributed by atoms with Crippen LogP contribution in [0.25, 0.3) is 0 Å². The summed E-state index contributed by atoms with van der Waals surface area (Å²) in [7, 11) is 2.04. The number of likely N-dealkylation sites (tertiary alicyclic amines) is 1. The second kappa shape index (κ2) is 4.90. The monoisotopic (exact) mass is 273 g/mol. The van der Waals surface area contributed by atoms with Gasteiger partial charge in [0.1, 0.15) is 5.54 Å². The molecule has 0 atom stereocenters. The zero-order valence-corrected chi connectivity index (χ0v) is 11.6. The number of hydrogen-bond donors (Lipinski definition) is 1. The second-order valence-corrected chi connectivity index (χ2v) is 5.69. The third-order valence-electron chi connectivity index (χ3n) is 4.27. The molecule has 0 saturated carbocycles. The lowest BCUT2D eigenvalue weighted by Crippen LogP contribution is -2.54. The molecule has 0 aromatic heterocycles. The number of urea groups is 1. The van der Waals surface area contributed by atoms with Crippen molar-refractivity contribution in [1.29, 1.82) is 0 Å². The largest absolute Gasteiger partial charge is 0.325 e. The third-order valence-corrected chi connectivity index (χ3v) is 4.27. The Morgan fingerprint density at radius 1 is 1.15 bits per heavy atom. The van der Waals surface area contributed by atoms with Crippen LogP contribution in [-0.2, 0) is 11.3 Å². The highest BCUT2D eigenvalue weighted by atomic mass is 16.2. The topological polar surface area (TPSA) is 52.7 Å². The van der Waals surface area contributed by atoms with E-state index in [0.717, 1.165) is 18.7 Å². The van der Waals surface area contributed by atoms with Crippen molar-refractivity contribution in [3.8, 4) is 0 Å². The van der Waals surface area contributed by atoms with Crippen LogP contribution in [0.4, 0.5) is 4.79 Å². The SMILES string of the molecule is CN1CCC2(CC1)NC(=O)N(Cc1ccccc1)C2=O. The summed E-state index contributed by atoms with van der Waals surface area (Å²) < 4.78 is 0. The van der Waals surface area contributed by atoms with Gasteiger partial charge >= 0.3 is 6.03 Å². The number of carbonyl (C=O) groups excluding carboxylic acids is 2. The van der Waals surface area contributed by atoms with Crippen molar-refractivity contribution < 1.29 is 9.59 Å². The number of nitrogens with zero attached hydrogens (tertiary/aromatic N) is 2. The van der Waals surface area contributed by atoms with Gasteiger partial charge in [0.25, 0.3) is 5.91 Å². The first-order valence-electron chi connectivity index (χ1n) is 6.97. The normalized spacial score (nSPS) is 22.4. The molecule has 1 aromatic rings. The molecule has 2 aliphatic heterocycles. The van der Waals surface area contributed by atoms with E-state index in [1.807, 2.05) is 37.4 Å². The molecule has 5 heteroatoms. The van der Waals surface area contributed by atoms with Gasteiger partial charge in [-0.05, 0) is 25.5 Å². The van der Waals surface area contributed by atoms with Crippen molar-refractivity contribution in [3.05, 3.63) is 35.9 Å². The van der Waals surface area contributed by atoms with E-state index in [9.17, 15) is 9.59 Å². The number of benzene rings is 1. The quantitative estimate of drug-likeness (QED) is 0.824. The molecule has 3 amide bonds. The minimum absolute atomic E-state index is 0.0700. The van der Waals surface area contributed by atoms with Gasteiger partial charge in [-0.1, -0.05) is 30.3 Å². The first-order chi connectivity index (χ1) is 9.61. The molecule has 2 saturated heterocycles. The van der Waals surface area contributed by atoms with Crippen molar-refractivity contribution in [3.63, 3.8) is 0 Å². The van der Waals surface area contributed by atoms with Crippen LogP contribution in [0.5, 0.6) is 0 Å². The molecule has 5 nitrogen and oxygen atoms in total. The summed E-state index contributed by atoms with van der Waals surface area (Å²) in [5.74, 6) is -0.0700. The number of piperidine rings is 1. The summed E-state index contributed by atoms with van der Waals surface area (Å²) in [6.07, 6.45) is 1.39. The number of carbonyl (C=O) groups is 2. The number of imide groups is 1. The van der Waals surface area contributed by atoms with Crippen LogP contribution in [0.1, 0.15) is 18.4 Å². The van der Waals surface area contributed by atoms with Crippen LogP contribution in [0, 0.1) is 0 Å². The fraction of sp³-hybridized carbons (Fsp3) is 0.467. The van der Waals surface area contributed by atoms with E-state index >= 15 is 0 Å². The Bertz CT molecular complexity index is 521. The average molecular weight is 273 g/mol. The van der Waals surface area contributed by atoms with E-state index in [4.69, 9.17) is 0 Å². The summed E-state index contributed by atoms with van der Waals surface area (Å²) in [5.41, 5.74) is 0.305. The maximum absolute atomic E-state index is 12.6. The van der Waals surface area contributed by atoms with Gasteiger partial charge < -0.3 is 10.2 Å². The second-order valence-electron chi connectivity index (χ2n) is 5.69. The lowest BCUT2D eigenvalue weighted by atomic mass is 9.87. The Labute approximate surface area is 118 Å². The summed E-state index contributed by atoms with van der Waals surface area (Å²) >= 11 is 0. The Hall–Kier alpha value is -1.88. The maximum Gasteiger partial charge on any atom is 0.325 e. The summed E-state index contributed by atoms with van der Waals surface area (Å²) in [4.78, 5) is 28.3. The van der Waals surface area contributed by atoms with Gasteiger partial charge in [0.05, 0.1) is 6.54 Å². The predicted octanol–water partition coefficient (Wildman–Crippen LogP) is 1.20. The van der Waals surface area contributed by atoms with Gasteiger partial charge in [-0.2, -0.15) is 0 Å². The molecule has 0 radical (unpaired) electrons. The highest BCUT2D eigenvalue weighted by molar-refractivity contribution is 6.07. The van der Waals surface area contributed by atoms with Crippen molar-refractivity contribution in [2.24, 2.45) is 0 Å². The maximum atomic E-state index is 12.6. The molecule has 20 heavy (non-hydrogen) atoms. The Balaban J connectivity index is 1.77. The number of hydrogen-bond acceptors (Lipinski definition) is 3. The fourth-order valence-corrected chi connectivity index (χ4v) is 2.92. The predicted molar refractivity (Wildman–Crippen MR) is 75.0 cm³/mol. The van der Waals surface area contributed by atoms with Crippen LogP contribution < -0.4 is 5.32 Å². The van der Waals surface area contributed by atoms with Crippen molar-refractivity contribution in [1.82, 2.24) is 15.1 Å². The number of nitrogens with one attached hydrogen (secondary N) is 1. The highest BCUT2D eigenvalue weighted by Gasteiger charge is 2.51. The Morgan fingerprint density at radius 2 is 1.80 bits per heavy atom. The first kappa shape index (κ1) is 13.1. The van der Waals surface area contributed by atoms with Gasteiger partial charge in [-0.15, -0.1) is 0 Å². The van der Waals surface area contributed by atoms with E-state index in [1.54, 1.807) is 0 Å². The molecule has 0 aliphatic carbocycles. The standard InChI is InChI=1S/C15H19N3O2/c1-17-9-7-15(8-10-17)13(19)18(14(20)16-15)11-12-5-3-2-4-6-12/h2-6H,7-11H2,1H3,(H,16,20). The molecular formula is C15H19N3O2. The zero-order valence-electron chi connectivity index (χ0n) is 11.6. The van der Waals surface area contributed by atoms with Crippen LogP contribution >= 0.6 is 0 Å². The van der Waals surface area contributed by atoms with Crippen LogP contribution in [-0.4, -0.2) is 47.4 Å². The van der Waals surface area contributed by atoms with Gasteiger partial charge in [0.15, 0.2) is 0 Å². The molecule has 106 valence electrons. The van der Waals surface area contributed by atoms with Gasteiger partial charge in [0.2, 0.25) is 0 Å². The first-order valence-corrected chi connectivity index (χ1v) is 6.97. The van der Waals surface area contributed by atoms with Crippen molar-refractivity contribution >= 4 is 11.9 Å². The minimum Gasteiger partial charge on any atom is -0.323 e. The summed E-state index contributed by atoms with van der Waals surface area (Å²) in [5, 5.41) is 2.92. The van der Waals surface area contributed by atoms with E-state index in [-0.39, 0.29) is 11.9 Å². The van der Waals surface area contributed by atoms with E-state index in [2.05, 4.69) is 10.2 Å². The molecule has 2 aliphatic rings. The minimum atomic E-state index is -0.668. The van der Waals surface area contributed by atoms with Gasteiger partial charge in [-0.25, -0.2) is 4.79 Å². The number of amides is 3. The average Bonchev–Trinajstić information content (AvgIpc) is 2.68. The highest BCUT2D eigenvalue weighted by Crippen LogP contribution is 2.29. The molecule has 1 N–H and O–H groups in total. The molecular weight excluding hydrogens is 254 g/mol. The van der Waals surface area contributed by atoms with Gasteiger partial charge in [0, 0.05) is 13.1 Å². The van der Waals surface area contributed by atoms with Crippen molar-refractivity contribution in [2.45, 2.75) is 24.9 Å².